The normalized spacial score (nSPS) is 13.7. The fourth-order valence-corrected chi connectivity index (χ4v) is 1.75. The molecular weight excluding hydrogens is 273 g/mol. The summed E-state index contributed by atoms with van der Waals surface area (Å²) < 4.78 is 37.6. The van der Waals surface area contributed by atoms with E-state index in [4.69, 9.17) is 0 Å². The minimum Gasteiger partial charge on any atom is -0.303 e. The molecule has 1 rings (SSSR count). The van der Waals surface area contributed by atoms with Gasteiger partial charge in [0.1, 0.15) is 6.29 Å². The maximum Gasteiger partial charge on any atom is 0.416 e. The number of rotatable bonds is 2. The first-order valence-corrected chi connectivity index (χ1v) is 4.97. The summed E-state index contributed by atoms with van der Waals surface area (Å²) in [6.45, 7) is 1.55. The first-order valence-electron chi connectivity index (χ1n) is 4.18. The van der Waals surface area contributed by atoms with Crippen molar-refractivity contribution in [1.82, 2.24) is 0 Å². The van der Waals surface area contributed by atoms with E-state index >= 15 is 0 Å². The molecule has 0 spiro atoms. The maximum absolute atomic E-state index is 12.4. The largest absolute Gasteiger partial charge is 0.416 e. The molecule has 0 saturated carbocycles. The molecule has 0 radical (unpaired) electrons. The maximum atomic E-state index is 12.4. The van der Waals surface area contributed by atoms with Crippen LogP contribution in [0, 0.1) is 0 Å². The van der Waals surface area contributed by atoms with Crippen LogP contribution in [0.15, 0.2) is 22.7 Å². The zero-order valence-electron chi connectivity index (χ0n) is 7.81. The molecule has 1 nitrogen and oxygen atoms in total. The molecule has 0 fully saturated rings. The highest BCUT2D eigenvalue weighted by Gasteiger charge is 2.31. The number of carbonyl (C=O) groups excluding carboxylic acids is 1. The van der Waals surface area contributed by atoms with Crippen LogP contribution in [0.2, 0.25) is 0 Å². The van der Waals surface area contributed by atoms with E-state index in [0.717, 1.165) is 12.1 Å². The Labute approximate surface area is 93.4 Å². The molecule has 5 heteroatoms. The highest BCUT2D eigenvalue weighted by Crippen LogP contribution is 2.33. The molecule has 15 heavy (non-hydrogen) atoms. The smallest absolute Gasteiger partial charge is 0.303 e. The van der Waals surface area contributed by atoms with Crippen molar-refractivity contribution in [2.45, 2.75) is 19.0 Å². The Morgan fingerprint density at radius 1 is 1.40 bits per heavy atom. The fraction of sp³-hybridized carbons (Fsp3) is 0.300. The lowest BCUT2D eigenvalue weighted by Gasteiger charge is -2.12. The highest BCUT2D eigenvalue weighted by molar-refractivity contribution is 9.10. The summed E-state index contributed by atoms with van der Waals surface area (Å²) in [5.41, 5.74) is -0.394. The molecule has 0 saturated heterocycles. The van der Waals surface area contributed by atoms with Crippen LogP contribution in [-0.2, 0) is 11.0 Å². The molecule has 0 aliphatic carbocycles. The molecule has 0 aliphatic rings. The lowest BCUT2D eigenvalue weighted by atomic mass is 10.0. The van der Waals surface area contributed by atoms with Crippen LogP contribution in [0.25, 0.3) is 0 Å². The van der Waals surface area contributed by atoms with Crippen molar-refractivity contribution in [2.24, 2.45) is 0 Å². The van der Waals surface area contributed by atoms with Crippen molar-refractivity contribution in [3.63, 3.8) is 0 Å². The third-order valence-electron chi connectivity index (χ3n) is 2.02. The van der Waals surface area contributed by atoms with Gasteiger partial charge in [0.15, 0.2) is 0 Å². The van der Waals surface area contributed by atoms with Crippen LogP contribution in [0.1, 0.15) is 24.0 Å². The van der Waals surface area contributed by atoms with Gasteiger partial charge < -0.3 is 4.79 Å². The number of benzene rings is 1. The molecule has 1 aromatic carbocycles. The number of carbonyl (C=O) groups is 1. The monoisotopic (exact) mass is 280 g/mol. The highest BCUT2D eigenvalue weighted by atomic mass is 79.9. The van der Waals surface area contributed by atoms with Crippen molar-refractivity contribution in [2.75, 3.05) is 0 Å². The van der Waals surface area contributed by atoms with Crippen LogP contribution in [0.4, 0.5) is 13.2 Å². The Hall–Kier alpha value is -0.840. The van der Waals surface area contributed by atoms with Gasteiger partial charge in [-0.2, -0.15) is 13.2 Å². The van der Waals surface area contributed by atoms with E-state index in [1.165, 1.54) is 6.07 Å². The second-order valence-corrected chi connectivity index (χ2v) is 4.01. The first kappa shape index (κ1) is 12.2. The summed E-state index contributed by atoms with van der Waals surface area (Å²) in [5.74, 6) is -0.554. The van der Waals surface area contributed by atoms with Gasteiger partial charge in [0.05, 0.1) is 5.56 Å². The standard InChI is InChI=1S/C10H8BrF3O/c1-6(5-15)8-4-7(10(12,13)14)2-3-9(8)11/h2-6H,1H3. The molecule has 0 aliphatic heterocycles. The second kappa shape index (κ2) is 4.35. The third kappa shape index (κ3) is 2.81. The molecule has 0 N–H and O–H groups in total. The van der Waals surface area contributed by atoms with E-state index in [1.807, 2.05) is 0 Å². The number of hydrogen-bond acceptors (Lipinski definition) is 1. The Morgan fingerprint density at radius 2 is 2.00 bits per heavy atom. The summed E-state index contributed by atoms with van der Waals surface area (Å²) in [5, 5.41) is 0. The zero-order valence-corrected chi connectivity index (χ0v) is 9.39. The minimum absolute atomic E-state index is 0.347. The van der Waals surface area contributed by atoms with Crippen molar-refractivity contribution in [1.29, 1.82) is 0 Å². The SMILES string of the molecule is CC(C=O)c1cc(C(F)(F)F)ccc1Br. The van der Waals surface area contributed by atoms with Gasteiger partial charge in [-0.25, -0.2) is 0 Å². The molecule has 82 valence electrons. The van der Waals surface area contributed by atoms with Gasteiger partial charge in [-0.3, -0.25) is 0 Å². The van der Waals surface area contributed by atoms with Gasteiger partial charge in [0.25, 0.3) is 0 Å². The summed E-state index contributed by atoms with van der Waals surface area (Å²) in [4.78, 5) is 10.5. The van der Waals surface area contributed by atoms with Gasteiger partial charge in [-0.05, 0) is 23.8 Å². The average molecular weight is 281 g/mol. The third-order valence-corrected chi connectivity index (χ3v) is 2.74. The minimum atomic E-state index is -4.38. The summed E-state index contributed by atoms with van der Waals surface area (Å²) in [6, 6.07) is 3.27. The fourth-order valence-electron chi connectivity index (χ4n) is 1.14. The molecule has 1 aromatic rings. The molecule has 0 aromatic heterocycles. The van der Waals surface area contributed by atoms with Crippen molar-refractivity contribution >= 4 is 22.2 Å². The number of hydrogen-bond donors (Lipinski definition) is 0. The van der Waals surface area contributed by atoms with E-state index in [0.29, 0.717) is 16.3 Å². The van der Waals surface area contributed by atoms with E-state index in [-0.39, 0.29) is 0 Å². The average Bonchev–Trinajstić information content (AvgIpc) is 2.15. The Kier molecular flexibility index (Phi) is 3.54. The van der Waals surface area contributed by atoms with Crippen LogP contribution < -0.4 is 0 Å². The van der Waals surface area contributed by atoms with Crippen molar-refractivity contribution in [3.8, 4) is 0 Å². The summed E-state index contributed by atoms with van der Waals surface area (Å²) in [7, 11) is 0. The van der Waals surface area contributed by atoms with Gasteiger partial charge in [-0.1, -0.05) is 22.9 Å². The van der Waals surface area contributed by atoms with Gasteiger partial charge >= 0.3 is 6.18 Å². The molecule has 1 atom stereocenters. The molecule has 0 bridgehead atoms. The van der Waals surface area contributed by atoms with Gasteiger partial charge in [-0.15, -0.1) is 0 Å². The lowest BCUT2D eigenvalue weighted by Crippen LogP contribution is -2.07. The van der Waals surface area contributed by atoms with E-state index in [1.54, 1.807) is 6.92 Å². The predicted molar refractivity (Wildman–Crippen MR) is 53.6 cm³/mol. The van der Waals surface area contributed by atoms with Gasteiger partial charge in [0.2, 0.25) is 0 Å². The number of aldehydes is 1. The number of halogens is 4. The zero-order chi connectivity index (χ0) is 11.6. The first-order chi connectivity index (χ1) is 6.86. The quantitative estimate of drug-likeness (QED) is 0.754. The Morgan fingerprint density at radius 3 is 2.47 bits per heavy atom. The number of alkyl halides is 3. The molecule has 1 unspecified atom stereocenters. The molecule has 0 amide bonds. The topological polar surface area (TPSA) is 17.1 Å². The lowest BCUT2D eigenvalue weighted by molar-refractivity contribution is -0.137. The summed E-state index contributed by atoms with van der Waals surface area (Å²) >= 11 is 3.11. The Bertz CT molecular complexity index is 373. The van der Waals surface area contributed by atoms with Crippen LogP contribution in [0.5, 0.6) is 0 Å². The second-order valence-electron chi connectivity index (χ2n) is 3.16. The van der Waals surface area contributed by atoms with Crippen molar-refractivity contribution in [3.05, 3.63) is 33.8 Å². The molecule has 0 heterocycles. The van der Waals surface area contributed by atoms with E-state index < -0.39 is 17.7 Å². The molecular formula is C10H8BrF3O. The predicted octanol–water partition coefficient (Wildman–Crippen LogP) is 3.77. The van der Waals surface area contributed by atoms with E-state index in [2.05, 4.69) is 15.9 Å². The van der Waals surface area contributed by atoms with Gasteiger partial charge in [0, 0.05) is 10.4 Å². The van der Waals surface area contributed by atoms with Crippen LogP contribution in [-0.4, -0.2) is 6.29 Å². The summed E-state index contributed by atoms with van der Waals surface area (Å²) in [6.07, 6.45) is -3.77. The van der Waals surface area contributed by atoms with Crippen LogP contribution >= 0.6 is 15.9 Å². The van der Waals surface area contributed by atoms with Crippen LogP contribution in [0.3, 0.4) is 0 Å². The Balaban J connectivity index is 3.22. The van der Waals surface area contributed by atoms with Crippen molar-refractivity contribution < 1.29 is 18.0 Å². The van der Waals surface area contributed by atoms with E-state index in [9.17, 15) is 18.0 Å².